The molecule has 1 aliphatic rings. The molecule has 20 heavy (non-hydrogen) atoms. The van der Waals surface area contributed by atoms with Gasteiger partial charge in [-0.3, -0.25) is 4.79 Å². The Hall–Kier alpha value is -1.98. The Morgan fingerprint density at radius 3 is 2.50 bits per heavy atom. The van der Waals surface area contributed by atoms with E-state index in [2.05, 4.69) is 11.3 Å². The number of halogens is 3. The molecule has 1 amide bonds. The van der Waals surface area contributed by atoms with Crippen LogP contribution in [0.15, 0.2) is 36.9 Å². The minimum Gasteiger partial charge on any atom is -0.484 e. The van der Waals surface area contributed by atoms with Crippen molar-refractivity contribution >= 4 is 11.6 Å². The molecular weight excluding hydrogens is 271 g/mol. The van der Waals surface area contributed by atoms with Crippen LogP contribution in [0.25, 0.3) is 0 Å². The van der Waals surface area contributed by atoms with Crippen molar-refractivity contribution in [3.8, 4) is 5.75 Å². The van der Waals surface area contributed by atoms with E-state index in [-0.39, 0.29) is 17.6 Å². The quantitative estimate of drug-likeness (QED) is 0.795. The van der Waals surface area contributed by atoms with Crippen molar-refractivity contribution in [2.75, 3.05) is 18.1 Å². The second-order valence-corrected chi connectivity index (χ2v) is 4.60. The number of nitrogens with zero attached hydrogens (tertiary/aromatic N) is 1. The molecule has 108 valence electrons. The first kappa shape index (κ1) is 14.4. The number of hydrogen-bond acceptors (Lipinski definition) is 2. The van der Waals surface area contributed by atoms with Gasteiger partial charge in [-0.05, 0) is 24.3 Å². The van der Waals surface area contributed by atoms with Gasteiger partial charge < -0.3 is 9.64 Å². The Bertz CT molecular complexity index is 496. The molecule has 0 aromatic heterocycles. The van der Waals surface area contributed by atoms with Gasteiger partial charge in [-0.15, -0.1) is 6.58 Å². The van der Waals surface area contributed by atoms with E-state index in [1.54, 1.807) is 23.1 Å². The minimum absolute atomic E-state index is 0.0149. The van der Waals surface area contributed by atoms with Crippen LogP contribution in [0.3, 0.4) is 0 Å². The van der Waals surface area contributed by atoms with E-state index < -0.39 is 12.8 Å². The zero-order valence-electron chi connectivity index (χ0n) is 10.7. The smallest absolute Gasteiger partial charge is 0.422 e. The third-order valence-corrected chi connectivity index (χ3v) is 3.04. The molecule has 1 fully saturated rings. The summed E-state index contributed by atoms with van der Waals surface area (Å²) < 4.78 is 40.6. The van der Waals surface area contributed by atoms with Crippen molar-refractivity contribution in [1.29, 1.82) is 0 Å². The number of carbonyl (C=O) groups excluding carboxylic acids is 1. The highest BCUT2D eigenvalue weighted by Crippen LogP contribution is 2.27. The van der Waals surface area contributed by atoms with Crippen LogP contribution in [0.5, 0.6) is 5.75 Å². The summed E-state index contributed by atoms with van der Waals surface area (Å²) in [5.74, 6) is 0.223. The van der Waals surface area contributed by atoms with Crippen LogP contribution in [0.4, 0.5) is 18.9 Å². The molecule has 2 rings (SSSR count). The number of alkyl halides is 3. The Kier molecular flexibility index (Phi) is 4.01. The summed E-state index contributed by atoms with van der Waals surface area (Å²) in [7, 11) is 0. The maximum atomic E-state index is 12.0. The molecule has 0 spiro atoms. The lowest BCUT2D eigenvalue weighted by atomic mass is 10.1. The van der Waals surface area contributed by atoms with Crippen LogP contribution in [0.1, 0.15) is 6.42 Å². The Morgan fingerprint density at radius 2 is 2.00 bits per heavy atom. The normalized spacial score (nSPS) is 19.2. The number of amides is 1. The fourth-order valence-corrected chi connectivity index (χ4v) is 2.03. The zero-order chi connectivity index (χ0) is 14.8. The summed E-state index contributed by atoms with van der Waals surface area (Å²) >= 11 is 0. The SMILES string of the molecule is C=CC1CC(=O)N(c2ccc(OCC(F)(F)F)cc2)C1. The highest BCUT2D eigenvalue weighted by Gasteiger charge is 2.29. The predicted octanol–water partition coefficient (Wildman–Crippen LogP) is 3.17. The molecular formula is C14H14F3NO2. The van der Waals surface area contributed by atoms with Crippen LogP contribution in [0, 0.1) is 5.92 Å². The maximum absolute atomic E-state index is 12.0. The first-order chi connectivity index (χ1) is 9.39. The van der Waals surface area contributed by atoms with E-state index >= 15 is 0 Å². The molecule has 1 aromatic rings. The van der Waals surface area contributed by atoms with Gasteiger partial charge in [-0.2, -0.15) is 13.2 Å². The van der Waals surface area contributed by atoms with Crippen LogP contribution in [-0.4, -0.2) is 25.2 Å². The van der Waals surface area contributed by atoms with E-state index in [1.807, 2.05) is 0 Å². The number of anilines is 1. The third-order valence-electron chi connectivity index (χ3n) is 3.04. The average molecular weight is 285 g/mol. The molecule has 1 saturated heterocycles. The molecule has 1 unspecified atom stereocenters. The van der Waals surface area contributed by atoms with Crippen LogP contribution in [-0.2, 0) is 4.79 Å². The predicted molar refractivity (Wildman–Crippen MR) is 68.6 cm³/mol. The largest absolute Gasteiger partial charge is 0.484 e. The van der Waals surface area contributed by atoms with Crippen molar-refractivity contribution in [3.05, 3.63) is 36.9 Å². The van der Waals surface area contributed by atoms with Crippen molar-refractivity contribution in [1.82, 2.24) is 0 Å². The van der Waals surface area contributed by atoms with E-state index in [4.69, 9.17) is 0 Å². The molecule has 0 aliphatic carbocycles. The second kappa shape index (κ2) is 5.56. The van der Waals surface area contributed by atoms with Gasteiger partial charge in [0.25, 0.3) is 0 Å². The molecule has 1 atom stereocenters. The van der Waals surface area contributed by atoms with Crippen molar-refractivity contribution in [2.24, 2.45) is 5.92 Å². The Morgan fingerprint density at radius 1 is 1.35 bits per heavy atom. The number of carbonyl (C=O) groups is 1. The molecule has 0 N–H and O–H groups in total. The van der Waals surface area contributed by atoms with Gasteiger partial charge >= 0.3 is 6.18 Å². The maximum Gasteiger partial charge on any atom is 0.422 e. The molecule has 6 heteroatoms. The number of hydrogen-bond donors (Lipinski definition) is 0. The fourth-order valence-electron chi connectivity index (χ4n) is 2.03. The van der Waals surface area contributed by atoms with Crippen LogP contribution < -0.4 is 9.64 Å². The van der Waals surface area contributed by atoms with Crippen molar-refractivity contribution in [3.63, 3.8) is 0 Å². The lowest BCUT2D eigenvalue weighted by Gasteiger charge is -2.17. The molecule has 3 nitrogen and oxygen atoms in total. The molecule has 0 radical (unpaired) electrons. The fraction of sp³-hybridized carbons (Fsp3) is 0.357. The summed E-state index contributed by atoms with van der Waals surface area (Å²) in [6.07, 6.45) is -2.21. The topological polar surface area (TPSA) is 29.5 Å². The third kappa shape index (κ3) is 3.53. The molecule has 1 aromatic carbocycles. The molecule has 0 saturated carbocycles. The van der Waals surface area contributed by atoms with Gasteiger partial charge in [0.1, 0.15) is 5.75 Å². The van der Waals surface area contributed by atoms with E-state index in [0.717, 1.165) is 0 Å². The van der Waals surface area contributed by atoms with E-state index in [1.165, 1.54) is 12.1 Å². The van der Waals surface area contributed by atoms with E-state index in [9.17, 15) is 18.0 Å². The minimum atomic E-state index is -4.36. The first-order valence-electron chi connectivity index (χ1n) is 6.11. The van der Waals surface area contributed by atoms with Gasteiger partial charge in [0.2, 0.25) is 5.91 Å². The molecule has 1 heterocycles. The summed E-state index contributed by atoms with van der Waals surface area (Å²) in [6.45, 7) is 2.88. The number of rotatable bonds is 4. The average Bonchev–Trinajstić information content (AvgIpc) is 2.77. The number of benzene rings is 1. The summed E-state index contributed by atoms with van der Waals surface area (Å²) in [6, 6.07) is 6.01. The molecule has 1 aliphatic heterocycles. The highest BCUT2D eigenvalue weighted by molar-refractivity contribution is 5.96. The monoisotopic (exact) mass is 285 g/mol. The van der Waals surface area contributed by atoms with Crippen molar-refractivity contribution < 1.29 is 22.7 Å². The van der Waals surface area contributed by atoms with Gasteiger partial charge in [0, 0.05) is 24.6 Å². The second-order valence-electron chi connectivity index (χ2n) is 4.60. The summed E-state index contributed by atoms with van der Waals surface area (Å²) in [4.78, 5) is 13.4. The zero-order valence-corrected chi connectivity index (χ0v) is 10.7. The molecule has 0 bridgehead atoms. The van der Waals surface area contributed by atoms with E-state index in [0.29, 0.717) is 18.7 Å². The lowest BCUT2D eigenvalue weighted by molar-refractivity contribution is -0.153. The lowest BCUT2D eigenvalue weighted by Crippen LogP contribution is -2.24. The van der Waals surface area contributed by atoms with Gasteiger partial charge in [0.15, 0.2) is 6.61 Å². The highest BCUT2D eigenvalue weighted by atomic mass is 19.4. The van der Waals surface area contributed by atoms with Gasteiger partial charge in [-0.1, -0.05) is 6.08 Å². The van der Waals surface area contributed by atoms with Crippen LogP contribution in [0.2, 0.25) is 0 Å². The van der Waals surface area contributed by atoms with Crippen molar-refractivity contribution in [2.45, 2.75) is 12.6 Å². The Balaban J connectivity index is 2.01. The summed E-state index contributed by atoms with van der Waals surface area (Å²) in [5.41, 5.74) is 0.652. The standard InChI is InChI=1S/C14H14F3NO2/c1-2-10-7-13(19)18(8-10)11-3-5-12(6-4-11)20-9-14(15,16)17/h2-6,10H,1,7-9H2. The van der Waals surface area contributed by atoms with Gasteiger partial charge in [0.05, 0.1) is 0 Å². The number of ether oxygens (including phenoxy) is 1. The summed E-state index contributed by atoms with van der Waals surface area (Å²) in [5, 5.41) is 0. The van der Waals surface area contributed by atoms with Gasteiger partial charge in [-0.25, -0.2) is 0 Å². The van der Waals surface area contributed by atoms with Crippen LogP contribution >= 0.6 is 0 Å². The Labute approximate surface area is 114 Å². The first-order valence-corrected chi connectivity index (χ1v) is 6.11.